The van der Waals surface area contributed by atoms with Crippen LogP contribution in [0.25, 0.3) is 0 Å². The summed E-state index contributed by atoms with van der Waals surface area (Å²) in [6.45, 7) is 13.1. The molecule has 2 N–H and O–H groups in total. The molecule has 2 heterocycles. The maximum Gasteiger partial charge on any atom is 0.191 e. The maximum atomic E-state index is 4.72. The van der Waals surface area contributed by atoms with Crippen molar-refractivity contribution in [3.8, 4) is 0 Å². The van der Waals surface area contributed by atoms with Gasteiger partial charge in [0.1, 0.15) is 0 Å². The van der Waals surface area contributed by atoms with Gasteiger partial charge in [0.15, 0.2) is 5.96 Å². The van der Waals surface area contributed by atoms with Crippen molar-refractivity contribution >= 4 is 41.3 Å². The van der Waals surface area contributed by atoms with E-state index < -0.39 is 0 Å². The standard InChI is InChI=1S/C20H37N5S.HI/c1-4-18-15-24-19(26-18)10-12-23-20(21-5-2)22-11-6-7-13-25-14-8-9-17(3)16-25;/h15,17H,4-14,16H2,1-3H3,(H2,21,22,23);1H. The van der Waals surface area contributed by atoms with E-state index in [0.29, 0.717) is 0 Å². The Bertz CT molecular complexity index is 534. The number of aliphatic imine (C=N–C) groups is 1. The van der Waals surface area contributed by atoms with Gasteiger partial charge in [-0.15, -0.1) is 35.3 Å². The molecule has 0 bridgehead atoms. The highest BCUT2D eigenvalue weighted by Crippen LogP contribution is 2.15. The molecule has 156 valence electrons. The number of rotatable bonds is 10. The van der Waals surface area contributed by atoms with Gasteiger partial charge in [0, 0.05) is 43.7 Å². The zero-order chi connectivity index (χ0) is 18.6. The van der Waals surface area contributed by atoms with Crippen molar-refractivity contribution in [3.05, 3.63) is 16.1 Å². The Hall–Kier alpha value is -0.410. The fourth-order valence-corrected chi connectivity index (χ4v) is 4.25. The summed E-state index contributed by atoms with van der Waals surface area (Å²) < 4.78 is 0. The highest BCUT2D eigenvalue weighted by molar-refractivity contribution is 14.0. The van der Waals surface area contributed by atoms with E-state index in [1.54, 1.807) is 0 Å². The number of halogens is 1. The number of aromatic nitrogens is 1. The van der Waals surface area contributed by atoms with E-state index in [-0.39, 0.29) is 24.0 Å². The molecule has 0 aromatic carbocycles. The molecular formula is C20H38IN5S. The van der Waals surface area contributed by atoms with E-state index >= 15 is 0 Å². The lowest BCUT2D eigenvalue weighted by Gasteiger charge is -2.30. The third-order valence-corrected chi connectivity index (χ3v) is 6.02. The molecule has 0 spiro atoms. The van der Waals surface area contributed by atoms with Crippen molar-refractivity contribution < 1.29 is 0 Å². The zero-order valence-corrected chi connectivity index (χ0v) is 20.4. The molecule has 1 aliphatic heterocycles. The summed E-state index contributed by atoms with van der Waals surface area (Å²) in [6.07, 6.45) is 9.21. The molecule has 2 rings (SSSR count). The van der Waals surface area contributed by atoms with Crippen LogP contribution in [0.15, 0.2) is 11.2 Å². The number of nitrogens with zero attached hydrogens (tertiary/aromatic N) is 3. The lowest BCUT2D eigenvalue weighted by molar-refractivity contribution is 0.181. The number of thiazole rings is 1. The Labute approximate surface area is 186 Å². The monoisotopic (exact) mass is 507 g/mol. The normalized spacial score (nSPS) is 18.2. The van der Waals surface area contributed by atoms with E-state index in [4.69, 9.17) is 4.99 Å². The van der Waals surface area contributed by atoms with Crippen LogP contribution in [0.5, 0.6) is 0 Å². The summed E-state index contributed by atoms with van der Waals surface area (Å²) in [5.41, 5.74) is 0. The summed E-state index contributed by atoms with van der Waals surface area (Å²) in [5, 5.41) is 7.99. The molecule has 1 unspecified atom stereocenters. The van der Waals surface area contributed by atoms with E-state index in [9.17, 15) is 0 Å². The van der Waals surface area contributed by atoms with Crippen LogP contribution in [0.2, 0.25) is 0 Å². The Balaban J connectivity index is 0.00000364. The molecule has 1 atom stereocenters. The first-order chi connectivity index (χ1) is 12.7. The largest absolute Gasteiger partial charge is 0.357 e. The summed E-state index contributed by atoms with van der Waals surface area (Å²) in [6, 6.07) is 0. The minimum absolute atomic E-state index is 0. The van der Waals surface area contributed by atoms with E-state index in [1.807, 2.05) is 17.5 Å². The first-order valence-electron chi connectivity index (χ1n) is 10.4. The van der Waals surface area contributed by atoms with Gasteiger partial charge in [-0.25, -0.2) is 4.98 Å². The Morgan fingerprint density at radius 2 is 2.19 bits per heavy atom. The third-order valence-electron chi connectivity index (χ3n) is 4.82. The molecule has 7 heteroatoms. The van der Waals surface area contributed by atoms with Crippen LogP contribution in [-0.4, -0.2) is 55.1 Å². The van der Waals surface area contributed by atoms with Crippen molar-refractivity contribution in [2.45, 2.75) is 59.3 Å². The van der Waals surface area contributed by atoms with Crippen LogP contribution in [0, 0.1) is 5.92 Å². The average Bonchev–Trinajstić information content (AvgIpc) is 3.09. The minimum atomic E-state index is 0. The lowest BCUT2D eigenvalue weighted by atomic mass is 10.0. The number of hydrogen-bond donors (Lipinski definition) is 2. The number of piperidine rings is 1. The fraction of sp³-hybridized carbons (Fsp3) is 0.800. The van der Waals surface area contributed by atoms with Gasteiger partial charge in [-0.05, 0) is 58.0 Å². The number of guanidine groups is 1. The summed E-state index contributed by atoms with van der Waals surface area (Å²) >= 11 is 1.82. The van der Waals surface area contributed by atoms with Gasteiger partial charge in [0.05, 0.1) is 5.01 Å². The predicted molar refractivity (Wildman–Crippen MR) is 129 cm³/mol. The average molecular weight is 508 g/mol. The highest BCUT2D eigenvalue weighted by atomic mass is 127. The molecule has 1 aliphatic rings. The zero-order valence-electron chi connectivity index (χ0n) is 17.3. The van der Waals surface area contributed by atoms with Gasteiger partial charge in [-0.2, -0.15) is 0 Å². The molecular weight excluding hydrogens is 469 g/mol. The Kier molecular flexibility index (Phi) is 13.3. The Morgan fingerprint density at radius 3 is 2.89 bits per heavy atom. The summed E-state index contributed by atoms with van der Waals surface area (Å²) in [4.78, 5) is 13.2. The first kappa shape index (κ1) is 24.6. The van der Waals surface area contributed by atoms with Crippen LogP contribution in [0.4, 0.5) is 0 Å². The molecule has 5 nitrogen and oxygen atoms in total. The van der Waals surface area contributed by atoms with Gasteiger partial charge < -0.3 is 15.5 Å². The second-order valence-corrected chi connectivity index (χ2v) is 8.47. The second-order valence-electron chi connectivity index (χ2n) is 7.27. The quantitative estimate of drug-likeness (QED) is 0.218. The molecule has 1 saturated heterocycles. The maximum absolute atomic E-state index is 4.72. The van der Waals surface area contributed by atoms with Crippen LogP contribution in [0.3, 0.4) is 0 Å². The lowest BCUT2D eigenvalue weighted by Crippen LogP contribution is -2.38. The molecule has 1 fully saturated rings. The van der Waals surface area contributed by atoms with Crippen molar-refractivity contribution in [1.29, 1.82) is 0 Å². The molecule has 0 amide bonds. The molecule has 1 aromatic heterocycles. The number of nitrogens with one attached hydrogen (secondary N) is 2. The van der Waals surface area contributed by atoms with Gasteiger partial charge in [-0.1, -0.05) is 13.8 Å². The number of aryl methyl sites for hydroxylation is 1. The molecule has 0 aliphatic carbocycles. The van der Waals surface area contributed by atoms with Crippen LogP contribution in [0.1, 0.15) is 56.3 Å². The molecule has 0 radical (unpaired) electrons. The fourth-order valence-electron chi connectivity index (χ4n) is 3.38. The van der Waals surface area contributed by atoms with Gasteiger partial charge in [0.2, 0.25) is 0 Å². The molecule has 27 heavy (non-hydrogen) atoms. The van der Waals surface area contributed by atoms with Gasteiger partial charge in [0.25, 0.3) is 0 Å². The molecule has 0 saturated carbocycles. The second kappa shape index (κ2) is 14.6. The predicted octanol–water partition coefficient (Wildman–Crippen LogP) is 3.93. The van der Waals surface area contributed by atoms with Crippen molar-refractivity contribution in [2.75, 3.05) is 39.3 Å². The SMILES string of the molecule is CCNC(=NCCCCN1CCCC(C)C1)NCCc1ncc(CC)s1.I. The first-order valence-corrected chi connectivity index (χ1v) is 11.2. The summed E-state index contributed by atoms with van der Waals surface area (Å²) in [7, 11) is 0. The van der Waals surface area contributed by atoms with Gasteiger partial charge in [-0.3, -0.25) is 4.99 Å². The van der Waals surface area contributed by atoms with Crippen molar-refractivity contribution in [2.24, 2.45) is 10.9 Å². The van der Waals surface area contributed by atoms with E-state index in [0.717, 1.165) is 50.8 Å². The van der Waals surface area contributed by atoms with Crippen LogP contribution in [-0.2, 0) is 12.8 Å². The van der Waals surface area contributed by atoms with E-state index in [2.05, 4.69) is 41.3 Å². The van der Waals surface area contributed by atoms with Crippen LogP contribution >= 0.6 is 35.3 Å². The number of unbranched alkanes of at least 4 members (excludes halogenated alkanes) is 1. The Morgan fingerprint density at radius 1 is 1.33 bits per heavy atom. The number of hydrogen-bond acceptors (Lipinski definition) is 4. The van der Waals surface area contributed by atoms with Crippen molar-refractivity contribution in [1.82, 2.24) is 20.5 Å². The minimum Gasteiger partial charge on any atom is -0.357 e. The smallest absolute Gasteiger partial charge is 0.191 e. The molecule has 1 aromatic rings. The number of likely N-dealkylation sites (tertiary alicyclic amines) is 1. The highest BCUT2D eigenvalue weighted by Gasteiger charge is 2.15. The topological polar surface area (TPSA) is 52.6 Å². The van der Waals surface area contributed by atoms with Crippen molar-refractivity contribution in [3.63, 3.8) is 0 Å². The third kappa shape index (κ3) is 10.1. The van der Waals surface area contributed by atoms with E-state index in [1.165, 1.54) is 48.8 Å². The summed E-state index contributed by atoms with van der Waals surface area (Å²) in [5.74, 6) is 1.81. The van der Waals surface area contributed by atoms with Gasteiger partial charge >= 0.3 is 0 Å². The van der Waals surface area contributed by atoms with Crippen LogP contribution < -0.4 is 10.6 Å².